The second kappa shape index (κ2) is 9.38. The van der Waals surface area contributed by atoms with Crippen LogP contribution in [0.15, 0.2) is 71.6 Å². The number of hydrogen-bond acceptors (Lipinski definition) is 5. The average Bonchev–Trinajstić information content (AvgIpc) is 2.76. The van der Waals surface area contributed by atoms with E-state index in [-0.39, 0.29) is 37.4 Å². The van der Waals surface area contributed by atoms with Crippen LogP contribution in [0.2, 0.25) is 10.0 Å². The molecule has 10 heteroatoms. The standard InChI is InChI=1S/C21H16Cl2N2O5S/c1-30-21(27)14-7-9-16(22)19(12-14)24-20(26)13-8-10-18(17(23)11-13)25-31(28,29)15-5-3-2-4-6-15/h2-12,25H,1H3,(H,24,26). The van der Waals surface area contributed by atoms with Crippen LogP contribution >= 0.6 is 23.2 Å². The second-order valence-corrected chi connectivity index (χ2v) is 8.75. The summed E-state index contributed by atoms with van der Waals surface area (Å²) in [5, 5.41) is 2.84. The highest BCUT2D eigenvalue weighted by atomic mass is 35.5. The van der Waals surface area contributed by atoms with Crippen LogP contribution in [0.25, 0.3) is 0 Å². The van der Waals surface area contributed by atoms with Gasteiger partial charge in [0.15, 0.2) is 0 Å². The molecular weight excluding hydrogens is 463 g/mol. The molecule has 160 valence electrons. The molecule has 2 N–H and O–H groups in total. The molecule has 0 atom stereocenters. The molecule has 0 fully saturated rings. The van der Waals surface area contributed by atoms with Gasteiger partial charge in [-0.05, 0) is 48.5 Å². The molecule has 0 heterocycles. The van der Waals surface area contributed by atoms with E-state index in [1.165, 1.54) is 55.6 Å². The van der Waals surface area contributed by atoms with Gasteiger partial charge >= 0.3 is 5.97 Å². The van der Waals surface area contributed by atoms with Crippen molar-refractivity contribution in [2.24, 2.45) is 0 Å². The molecule has 7 nitrogen and oxygen atoms in total. The topological polar surface area (TPSA) is 102 Å². The van der Waals surface area contributed by atoms with E-state index < -0.39 is 21.9 Å². The fraction of sp³-hybridized carbons (Fsp3) is 0.0476. The van der Waals surface area contributed by atoms with Gasteiger partial charge in [0.1, 0.15) is 0 Å². The first-order chi connectivity index (χ1) is 14.7. The quantitative estimate of drug-likeness (QED) is 0.493. The molecule has 0 spiro atoms. The van der Waals surface area contributed by atoms with Gasteiger partial charge in [0.2, 0.25) is 0 Å². The molecule has 3 aromatic carbocycles. The van der Waals surface area contributed by atoms with Crippen LogP contribution in [0.5, 0.6) is 0 Å². The molecule has 0 unspecified atom stereocenters. The normalized spacial score (nSPS) is 10.9. The van der Waals surface area contributed by atoms with Crippen LogP contribution < -0.4 is 10.0 Å². The third-order valence-electron chi connectivity index (χ3n) is 4.16. The Labute approximate surface area is 189 Å². The summed E-state index contributed by atoms with van der Waals surface area (Å²) in [5.41, 5.74) is 0.699. The predicted octanol–water partition coefficient (Wildman–Crippen LogP) is 4.83. The van der Waals surface area contributed by atoms with Gasteiger partial charge in [0.05, 0.1) is 39.0 Å². The van der Waals surface area contributed by atoms with E-state index in [4.69, 9.17) is 23.2 Å². The van der Waals surface area contributed by atoms with Crippen molar-refractivity contribution in [3.8, 4) is 0 Å². The molecule has 0 bridgehead atoms. The number of benzene rings is 3. The van der Waals surface area contributed by atoms with E-state index in [1.807, 2.05) is 0 Å². The number of hydrogen-bond donors (Lipinski definition) is 2. The van der Waals surface area contributed by atoms with Crippen LogP contribution in [0.3, 0.4) is 0 Å². The molecule has 31 heavy (non-hydrogen) atoms. The molecule has 0 aliphatic heterocycles. The zero-order valence-electron chi connectivity index (χ0n) is 16.1. The number of rotatable bonds is 6. The Morgan fingerprint density at radius 1 is 0.839 bits per heavy atom. The summed E-state index contributed by atoms with van der Waals surface area (Å²) in [4.78, 5) is 24.4. The van der Waals surface area contributed by atoms with Gasteiger partial charge in [0.25, 0.3) is 15.9 Å². The van der Waals surface area contributed by atoms with Crippen molar-refractivity contribution in [3.63, 3.8) is 0 Å². The van der Waals surface area contributed by atoms with Gasteiger partial charge < -0.3 is 10.1 Å². The van der Waals surface area contributed by atoms with E-state index in [0.717, 1.165) is 0 Å². The van der Waals surface area contributed by atoms with Gasteiger partial charge in [-0.3, -0.25) is 9.52 Å². The average molecular weight is 479 g/mol. The lowest BCUT2D eigenvalue weighted by molar-refractivity contribution is 0.0600. The first-order valence-corrected chi connectivity index (χ1v) is 11.0. The van der Waals surface area contributed by atoms with Gasteiger partial charge in [-0.2, -0.15) is 0 Å². The zero-order valence-corrected chi connectivity index (χ0v) is 18.4. The largest absolute Gasteiger partial charge is 0.465 e. The maximum absolute atomic E-state index is 12.6. The highest BCUT2D eigenvalue weighted by Gasteiger charge is 2.17. The maximum Gasteiger partial charge on any atom is 0.337 e. The number of halogens is 2. The van der Waals surface area contributed by atoms with Crippen LogP contribution in [-0.4, -0.2) is 27.4 Å². The van der Waals surface area contributed by atoms with Gasteiger partial charge in [-0.15, -0.1) is 0 Å². The minimum Gasteiger partial charge on any atom is -0.465 e. The molecule has 0 radical (unpaired) electrons. The van der Waals surface area contributed by atoms with E-state index in [1.54, 1.807) is 18.2 Å². The summed E-state index contributed by atoms with van der Waals surface area (Å²) in [5.74, 6) is -1.13. The third-order valence-corrected chi connectivity index (χ3v) is 6.19. The lowest BCUT2D eigenvalue weighted by Gasteiger charge is -2.12. The molecule has 0 aliphatic carbocycles. The van der Waals surface area contributed by atoms with Crippen molar-refractivity contribution >= 4 is 56.5 Å². The maximum atomic E-state index is 12.6. The molecule has 3 rings (SSSR count). The number of methoxy groups -OCH3 is 1. The molecule has 0 aliphatic rings. The van der Waals surface area contributed by atoms with Gasteiger partial charge in [-0.25, -0.2) is 13.2 Å². The van der Waals surface area contributed by atoms with Crippen molar-refractivity contribution in [1.82, 2.24) is 0 Å². The molecule has 3 aromatic rings. The number of esters is 1. The lowest BCUT2D eigenvalue weighted by atomic mass is 10.1. The summed E-state index contributed by atoms with van der Waals surface area (Å²) in [6.07, 6.45) is 0. The molecule has 0 aromatic heterocycles. The van der Waals surface area contributed by atoms with Crippen molar-refractivity contribution in [2.45, 2.75) is 4.90 Å². The number of amides is 1. The summed E-state index contributed by atoms with van der Waals surface area (Å²) in [7, 11) is -2.59. The van der Waals surface area contributed by atoms with E-state index in [9.17, 15) is 18.0 Å². The van der Waals surface area contributed by atoms with Gasteiger partial charge in [0, 0.05) is 5.56 Å². The summed E-state index contributed by atoms with van der Waals surface area (Å²) in [6.45, 7) is 0. The Morgan fingerprint density at radius 3 is 2.16 bits per heavy atom. The van der Waals surface area contributed by atoms with Crippen LogP contribution in [0.1, 0.15) is 20.7 Å². The number of carbonyl (C=O) groups excluding carboxylic acids is 2. The molecule has 0 saturated heterocycles. The third kappa shape index (κ3) is 5.35. The Bertz CT molecular complexity index is 1250. The smallest absolute Gasteiger partial charge is 0.337 e. The van der Waals surface area contributed by atoms with Crippen molar-refractivity contribution in [1.29, 1.82) is 0 Å². The van der Waals surface area contributed by atoms with E-state index in [2.05, 4.69) is 14.8 Å². The van der Waals surface area contributed by atoms with Crippen molar-refractivity contribution in [3.05, 3.63) is 87.9 Å². The predicted molar refractivity (Wildman–Crippen MR) is 119 cm³/mol. The van der Waals surface area contributed by atoms with Crippen LogP contribution in [0, 0.1) is 0 Å². The number of sulfonamides is 1. The number of anilines is 2. The highest BCUT2D eigenvalue weighted by molar-refractivity contribution is 7.92. The van der Waals surface area contributed by atoms with E-state index in [0.29, 0.717) is 0 Å². The first-order valence-electron chi connectivity index (χ1n) is 8.78. The second-order valence-electron chi connectivity index (χ2n) is 6.25. The minimum absolute atomic E-state index is 0.0292. The summed E-state index contributed by atoms with van der Waals surface area (Å²) < 4.78 is 32.0. The zero-order chi connectivity index (χ0) is 22.6. The number of nitrogens with one attached hydrogen (secondary N) is 2. The van der Waals surface area contributed by atoms with Crippen molar-refractivity contribution < 1.29 is 22.7 Å². The van der Waals surface area contributed by atoms with E-state index >= 15 is 0 Å². The minimum atomic E-state index is -3.83. The number of carbonyl (C=O) groups is 2. The fourth-order valence-corrected chi connectivity index (χ4v) is 4.15. The Kier molecular flexibility index (Phi) is 6.84. The van der Waals surface area contributed by atoms with Crippen molar-refractivity contribution in [2.75, 3.05) is 17.1 Å². The highest BCUT2D eigenvalue weighted by Crippen LogP contribution is 2.28. The lowest BCUT2D eigenvalue weighted by Crippen LogP contribution is -2.15. The Balaban J connectivity index is 1.80. The molecular formula is C21H16Cl2N2O5S. The fourth-order valence-electron chi connectivity index (χ4n) is 2.60. The Morgan fingerprint density at radius 2 is 1.52 bits per heavy atom. The Hall–Kier alpha value is -3.07. The monoisotopic (exact) mass is 478 g/mol. The SMILES string of the molecule is COC(=O)c1ccc(Cl)c(NC(=O)c2ccc(NS(=O)(=O)c3ccccc3)c(Cl)c2)c1. The first kappa shape index (κ1) is 22.6. The molecule has 1 amide bonds. The van der Waals surface area contributed by atoms with Crippen LogP contribution in [-0.2, 0) is 14.8 Å². The van der Waals surface area contributed by atoms with Gasteiger partial charge in [-0.1, -0.05) is 41.4 Å². The molecule has 0 saturated carbocycles. The number of ether oxygens (including phenoxy) is 1. The summed E-state index contributed by atoms with van der Waals surface area (Å²) >= 11 is 12.3. The van der Waals surface area contributed by atoms with Crippen LogP contribution in [0.4, 0.5) is 11.4 Å². The summed E-state index contributed by atoms with van der Waals surface area (Å²) in [6, 6.07) is 16.2.